The first-order chi connectivity index (χ1) is 13.6. The van der Waals surface area contributed by atoms with Crippen molar-refractivity contribution in [2.24, 2.45) is 0 Å². The van der Waals surface area contributed by atoms with Crippen molar-refractivity contribution in [2.75, 3.05) is 33.4 Å². The number of hydrogen-bond donors (Lipinski definition) is 1. The van der Waals surface area contributed by atoms with Gasteiger partial charge in [-0.1, -0.05) is 0 Å². The summed E-state index contributed by atoms with van der Waals surface area (Å²) in [5, 5.41) is 4.18. The van der Waals surface area contributed by atoms with Gasteiger partial charge in [0.2, 0.25) is 11.8 Å². The molecule has 1 saturated heterocycles. The molecular formula is C19H26N6O3. The Hall–Kier alpha value is -2.68. The number of likely N-dealkylation sites (tertiary alicyclic amines) is 1. The Morgan fingerprint density at radius 2 is 2.11 bits per heavy atom. The van der Waals surface area contributed by atoms with E-state index in [1.807, 2.05) is 22.8 Å². The monoisotopic (exact) mass is 386 g/mol. The number of rotatable bonds is 4. The van der Waals surface area contributed by atoms with Crippen LogP contribution in [0.3, 0.4) is 0 Å². The van der Waals surface area contributed by atoms with Gasteiger partial charge in [-0.25, -0.2) is 4.98 Å². The summed E-state index contributed by atoms with van der Waals surface area (Å²) in [6, 6.07) is 1.47. The van der Waals surface area contributed by atoms with Crippen LogP contribution >= 0.6 is 0 Å². The van der Waals surface area contributed by atoms with Gasteiger partial charge in [-0.05, 0) is 25.8 Å². The molecule has 0 aromatic carbocycles. The minimum absolute atomic E-state index is 0.0270. The number of H-pyrrole nitrogens is 1. The molecule has 4 heterocycles. The van der Waals surface area contributed by atoms with Crippen LogP contribution in [0.2, 0.25) is 0 Å². The van der Waals surface area contributed by atoms with E-state index in [9.17, 15) is 9.59 Å². The summed E-state index contributed by atoms with van der Waals surface area (Å²) in [6.45, 7) is 3.71. The Bertz CT molecular complexity index is 838. The first kappa shape index (κ1) is 18.7. The molecule has 2 amide bonds. The van der Waals surface area contributed by atoms with Crippen LogP contribution in [0, 0.1) is 0 Å². The van der Waals surface area contributed by atoms with Crippen LogP contribution in [-0.4, -0.2) is 74.7 Å². The van der Waals surface area contributed by atoms with E-state index in [1.54, 1.807) is 23.4 Å². The fourth-order valence-electron chi connectivity index (χ4n) is 4.53. The minimum Gasteiger partial charge on any atom is -0.375 e. The number of aromatic amines is 1. The fourth-order valence-corrected chi connectivity index (χ4v) is 4.53. The number of amides is 2. The lowest BCUT2D eigenvalue weighted by molar-refractivity contribution is -0.148. The number of carbonyl (C=O) groups is 2. The highest BCUT2D eigenvalue weighted by Gasteiger charge is 2.49. The molecule has 28 heavy (non-hydrogen) atoms. The standard InChI is InChI=1S/C19H26N6O3/c1-14(25-8-3-7-22-25)18(27)23-10-5-19(6-11-23)17-15(20-13-21-17)4-9-24(19)16(26)12-28-2/h3,7-8,13-14H,4-6,9-12H2,1-2H3,(H,20,21)/t14-/m1/s1. The maximum Gasteiger partial charge on any atom is 0.249 e. The van der Waals surface area contributed by atoms with E-state index >= 15 is 0 Å². The molecule has 2 aliphatic heterocycles. The molecule has 1 spiro atoms. The smallest absolute Gasteiger partial charge is 0.249 e. The number of fused-ring (bicyclic) bond motifs is 2. The maximum atomic E-state index is 12.9. The van der Waals surface area contributed by atoms with E-state index in [0.717, 1.165) is 17.8 Å². The number of ether oxygens (including phenoxy) is 1. The average Bonchev–Trinajstić information content (AvgIpc) is 3.40. The van der Waals surface area contributed by atoms with Crippen molar-refractivity contribution in [3.8, 4) is 0 Å². The van der Waals surface area contributed by atoms with Crippen LogP contribution in [0.4, 0.5) is 0 Å². The minimum atomic E-state index is -0.477. The lowest BCUT2D eigenvalue weighted by Gasteiger charge is -2.50. The zero-order valence-electron chi connectivity index (χ0n) is 16.3. The highest BCUT2D eigenvalue weighted by Crippen LogP contribution is 2.42. The van der Waals surface area contributed by atoms with Gasteiger partial charge in [0.1, 0.15) is 12.6 Å². The van der Waals surface area contributed by atoms with Crippen LogP contribution in [0.25, 0.3) is 0 Å². The lowest BCUT2D eigenvalue weighted by atomic mass is 9.78. The first-order valence-electron chi connectivity index (χ1n) is 9.67. The van der Waals surface area contributed by atoms with Crippen molar-refractivity contribution in [1.82, 2.24) is 29.5 Å². The van der Waals surface area contributed by atoms with Crippen LogP contribution in [0.1, 0.15) is 37.2 Å². The molecule has 0 unspecified atom stereocenters. The molecule has 0 radical (unpaired) electrons. The summed E-state index contributed by atoms with van der Waals surface area (Å²) >= 11 is 0. The number of aromatic nitrogens is 4. The number of nitrogens with one attached hydrogen (secondary N) is 1. The molecule has 2 aromatic heterocycles. The third-order valence-corrected chi connectivity index (χ3v) is 6.01. The average molecular weight is 386 g/mol. The molecular weight excluding hydrogens is 360 g/mol. The Balaban J connectivity index is 1.55. The summed E-state index contributed by atoms with van der Waals surface area (Å²) in [7, 11) is 1.53. The molecule has 2 aromatic rings. The molecule has 1 fully saturated rings. The number of imidazole rings is 1. The molecule has 9 nitrogen and oxygen atoms in total. The zero-order chi connectivity index (χ0) is 19.7. The predicted octanol–water partition coefficient (Wildman–Crippen LogP) is 0.716. The molecule has 2 aliphatic rings. The summed E-state index contributed by atoms with van der Waals surface area (Å²) in [4.78, 5) is 37.2. The number of methoxy groups -OCH3 is 1. The first-order valence-corrected chi connectivity index (χ1v) is 9.67. The second-order valence-corrected chi connectivity index (χ2v) is 7.48. The highest BCUT2D eigenvalue weighted by atomic mass is 16.5. The number of nitrogens with zero attached hydrogens (tertiary/aromatic N) is 5. The van der Waals surface area contributed by atoms with Gasteiger partial charge in [-0.2, -0.15) is 5.10 Å². The predicted molar refractivity (Wildman–Crippen MR) is 100 cm³/mol. The normalized spacial score (nSPS) is 19.5. The van der Waals surface area contributed by atoms with Gasteiger partial charge in [-0.15, -0.1) is 0 Å². The van der Waals surface area contributed by atoms with E-state index in [2.05, 4.69) is 15.1 Å². The number of hydrogen-bond acceptors (Lipinski definition) is 5. The summed E-state index contributed by atoms with van der Waals surface area (Å²) < 4.78 is 6.77. The van der Waals surface area contributed by atoms with Gasteiger partial charge in [0.05, 0.1) is 17.6 Å². The van der Waals surface area contributed by atoms with Crippen molar-refractivity contribution in [1.29, 1.82) is 0 Å². The lowest BCUT2D eigenvalue weighted by Crippen LogP contribution is -2.59. The fraction of sp³-hybridized carbons (Fsp3) is 0.579. The molecule has 9 heteroatoms. The van der Waals surface area contributed by atoms with E-state index in [-0.39, 0.29) is 24.5 Å². The zero-order valence-corrected chi connectivity index (χ0v) is 16.3. The van der Waals surface area contributed by atoms with Gasteiger partial charge >= 0.3 is 0 Å². The molecule has 1 atom stereocenters. The van der Waals surface area contributed by atoms with Crippen LogP contribution in [0.5, 0.6) is 0 Å². The number of piperidine rings is 1. The van der Waals surface area contributed by atoms with Gasteiger partial charge in [0.25, 0.3) is 0 Å². The molecule has 0 bridgehead atoms. The maximum absolute atomic E-state index is 12.9. The van der Waals surface area contributed by atoms with Crippen molar-refractivity contribution in [3.63, 3.8) is 0 Å². The largest absolute Gasteiger partial charge is 0.375 e. The van der Waals surface area contributed by atoms with E-state index in [1.165, 1.54) is 7.11 Å². The second-order valence-electron chi connectivity index (χ2n) is 7.48. The molecule has 0 saturated carbocycles. The third-order valence-electron chi connectivity index (χ3n) is 6.01. The molecule has 4 rings (SSSR count). The molecule has 1 N–H and O–H groups in total. The summed E-state index contributed by atoms with van der Waals surface area (Å²) in [5.41, 5.74) is 1.55. The quantitative estimate of drug-likeness (QED) is 0.835. The van der Waals surface area contributed by atoms with E-state index < -0.39 is 5.54 Å². The van der Waals surface area contributed by atoms with Gasteiger partial charge in [-0.3, -0.25) is 14.3 Å². The molecule has 150 valence electrons. The van der Waals surface area contributed by atoms with Crippen LogP contribution in [0.15, 0.2) is 24.8 Å². The van der Waals surface area contributed by atoms with Crippen LogP contribution < -0.4 is 0 Å². The SMILES string of the molecule is COCC(=O)N1CCc2[nH]cnc2C12CCN(C(=O)[C@@H](C)n1cccn1)CC2. The molecule has 0 aliphatic carbocycles. The topological polar surface area (TPSA) is 96.4 Å². The Morgan fingerprint density at radius 1 is 1.32 bits per heavy atom. The summed E-state index contributed by atoms with van der Waals surface area (Å²) in [6.07, 6.45) is 7.26. The van der Waals surface area contributed by atoms with Gasteiger partial charge in [0.15, 0.2) is 0 Å². The third kappa shape index (κ3) is 2.99. The van der Waals surface area contributed by atoms with Crippen LogP contribution in [-0.2, 0) is 26.3 Å². The van der Waals surface area contributed by atoms with E-state index in [0.29, 0.717) is 32.5 Å². The van der Waals surface area contributed by atoms with Crippen molar-refractivity contribution >= 4 is 11.8 Å². The van der Waals surface area contributed by atoms with E-state index in [4.69, 9.17) is 4.74 Å². The second kappa shape index (κ2) is 7.38. The number of carbonyl (C=O) groups excluding carboxylic acids is 2. The Labute approximate surface area is 163 Å². The highest BCUT2D eigenvalue weighted by molar-refractivity contribution is 5.81. The summed E-state index contributed by atoms with van der Waals surface area (Å²) in [5.74, 6) is 0.0206. The van der Waals surface area contributed by atoms with Gasteiger partial charge < -0.3 is 19.5 Å². The Morgan fingerprint density at radius 3 is 2.79 bits per heavy atom. The van der Waals surface area contributed by atoms with Gasteiger partial charge in [0, 0.05) is 51.3 Å². The van der Waals surface area contributed by atoms with Crippen molar-refractivity contribution in [3.05, 3.63) is 36.2 Å². The van der Waals surface area contributed by atoms with Crippen molar-refractivity contribution < 1.29 is 14.3 Å². The van der Waals surface area contributed by atoms with Crippen molar-refractivity contribution in [2.45, 2.75) is 37.8 Å². The Kier molecular flexibility index (Phi) is 4.92.